The summed E-state index contributed by atoms with van der Waals surface area (Å²) in [6.07, 6.45) is 1.96. The van der Waals surface area contributed by atoms with Crippen molar-refractivity contribution in [3.05, 3.63) is 163 Å². The summed E-state index contributed by atoms with van der Waals surface area (Å²) in [6.45, 7) is 6.76. The minimum absolute atomic E-state index is 0.149. The fraction of sp³-hybridized carbons (Fsp3) is 0.0952. The molecule has 0 amide bonds. The average molecular weight is 683 g/mol. The average Bonchev–Trinajstić information content (AvgIpc) is 3.58. The van der Waals surface area contributed by atoms with E-state index in [0.717, 1.165) is 45.5 Å². The first-order valence-corrected chi connectivity index (χ1v) is 20.6. The van der Waals surface area contributed by atoms with Gasteiger partial charge >= 0.3 is 284 Å². The number of ether oxygens (including phenoxy) is 1. The summed E-state index contributed by atoms with van der Waals surface area (Å²) in [4.78, 5) is 7.54. The van der Waals surface area contributed by atoms with Gasteiger partial charge in [0, 0.05) is 0 Å². The van der Waals surface area contributed by atoms with Gasteiger partial charge in [-0.05, 0) is 0 Å². The number of anilines is 3. The molecule has 2 aromatic heterocycles. The van der Waals surface area contributed by atoms with Gasteiger partial charge in [0.05, 0.1) is 0 Å². The van der Waals surface area contributed by atoms with Gasteiger partial charge in [-0.25, -0.2) is 0 Å². The maximum absolute atomic E-state index is 6.65. The number of H-pyrrole nitrogens is 1. The SMILES string of the molecule is Cc1cc(-c2cccc(N3c4ccccc4Oc4cc[c]([Ge]5([c]6ccccn6)[c]6ccccc6C(C)(C)c6cccc[c]65)cc43)c2)n[nH]1. The first-order chi connectivity index (χ1) is 23.5. The summed E-state index contributed by atoms with van der Waals surface area (Å²) in [7, 11) is 0. The van der Waals surface area contributed by atoms with E-state index >= 15 is 0 Å². The van der Waals surface area contributed by atoms with Gasteiger partial charge in [-0.3, -0.25) is 0 Å². The third-order valence-corrected chi connectivity index (χ3v) is 20.0. The summed E-state index contributed by atoms with van der Waals surface area (Å²) in [6, 6.07) is 50.5. The van der Waals surface area contributed by atoms with Crippen LogP contribution in [-0.4, -0.2) is 28.4 Å². The van der Waals surface area contributed by atoms with E-state index in [9.17, 15) is 0 Å². The zero-order valence-electron chi connectivity index (χ0n) is 27.1. The van der Waals surface area contributed by atoms with Crippen molar-refractivity contribution >= 4 is 48.0 Å². The molecule has 1 N–H and O–H groups in total. The van der Waals surface area contributed by atoms with Crippen LogP contribution in [0.4, 0.5) is 17.1 Å². The van der Waals surface area contributed by atoms with Crippen LogP contribution in [0.5, 0.6) is 11.5 Å². The molecule has 0 radical (unpaired) electrons. The van der Waals surface area contributed by atoms with Crippen LogP contribution in [0, 0.1) is 6.92 Å². The molecule has 2 aliphatic heterocycles. The quantitative estimate of drug-likeness (QED) is 0.197. The van der Waals surface area contributed by atoms with Crippen LogP contribution in [0.2, 0.25) is 0 Å². The van der Waals surface area contributed by atoms with E-state index in [2.05, 4.69) is 150 Å². The molecule has 9 rings (SSSR count). The summed E-state index contributed by atoms with van der Waals surface area (Å²) < 4.78 is 12.0. The van der Waals surface area contributed by atoms with Crippen molar-refractivity contribution in [3.8, 4) is 22.8 Å². The van der Waals surface area contributed by atoms with Crippen LogP contribution in [0.15, 0.2) is 146 Å². The van der Waals surface area contributed by atoms with Crippen LogP contribution in [0.25, 0.3) is 11.3 Å². The number of pyridine rings is 1. The van der Waals surface area contributed by atoms with Crippen molar-refractivity contribution in [2.75, 3.05) is 4.90 Å². The molecule has 0 saturated heterocycles. The summed E-state index contributed by atoms with van der Waals surface area (Å²) in [5.74, 6) is 1.66. The fourth-order valence-corrected chi connectivity index (χ4v) is 19.2. The zero-order chi connectivity index (χ0) is 32.5. The third-order valence-electron chi connectivity index (χ3n) is 10.1. The summed E-state index contributed by atoms with van der Waals surface area (Å²) in [5, 5.41) is 7.67. The van der Waals surface area contributed by atoms with E-state index in [1.165, 1.54) is 28.8 Å². The second-order valence-electron chi connectivity index (χ2n) is 13.3. The number of rotatable bonds is 4. The number of aromatic amines is 1. The Morgan fingerprint density at radius 1 is 0.667 bits per heavy atom. The van der Waals surface area contributed by atoms with Gasteiger partial charge in [-0.2, -0.15) is 0 Å². The fourth-order valence-electron chi connectivity index (χ4n) is 7.96. The molecule has 6 heteroatoms. The zero-order valence-corrected chi connectivity index (χ0v) is 29.2. The van der Waals surface area contributed by atoms with Crippen LogP contribution in [0.3, 0.4) is 0 Å². The topological polar surface area (TPSA) is 54.0 Å². The molecular formula is C42H34GeN4O. The molecule has 0 bridgehead atoms. The number of nitrogens with one attached hydrogen (secondary N) is 1. The molecule has 5 nitrogen and oxygen atoms in total. The van der Waals surface area contributed by atoms with Crippen LogP contribution < -0.4 is 27.4 Å². The second-order valence-corrected chi connectivity index (χ2v) is 20.9. The maximum atomic E-state index is 6.65. The minimum atomic E-state index is -3.70. The van der Waals surface area contributed by atoms with E-state index in [0.29, 0.717) is 0 Å². The summed E-state index contributed by atoms with van der Waals surface area (Å²) in [5.41, 5.74) is 8.69. The van der Waals surface area contributed by atoms with E-state index in [4.69, 9.17) is 9.72 Å². The number of aryl methyl sites for hydroxylation is 1. The number of hydrogen-bond acceptors (Lipinski definition) is 4. The van der Waals surface area contributed by atoms with Crippen LogP contribution >= 0.6 is 0 Å². The van der Waals surface area contributed by atoms with Crippen molar-refractivity contribution < 1.29 is 4.74 Å². The van der Waals surface area contributed by atoms with E-state index in [1.807, 2.05) is 31.3 Å². The number of fused-ring (bicyclic) bond motifs is 4. The molecule has 48 heavy (non-hydrogen) atoms. The predicted octanol–water partition coefficient (Wildman–Crippen LogP) is 7.37. The Kier molecular flexibility index (Phi) is 6.49. The second kappa shape index (κ2) is 10.8. The number of benzene rings is 5. The van der Waals surface area contributed by atoms with Crippen LogP contribution in [0.1, 0.15) is 30.7 Å². The number of hydrogen-bond donors (Lipinski definition) is 1. The van der Waals surface area contributed by atoms with Crippen molar-refractivity contribution in [1.82, 2.24) is 15.2 Å². The molecule has 5 aromatic carbocycles. The van der Waals surface area contributed by atoms with Gasteiger partial charge in [-0.1, -0.05) is 0 Å². The Morgan fingerprint density at radius 3 is 2.10 bits per heavy atom. The van der Waals surface area contributed by atoms with E-state index in [1.54, 1.807) is 0 Å². The molecule has 7 aromatic rings. The van der Waals surface area contributed by atoms with Gasteiger partial charge in [0.15, 0.2) is 0 Å². The molecule has 232 valence electrons. The predicted molar refractivity (Wildman–Crippen MR) is 197 cm³/mol. The normalized spacial score (nSPS) is 15.0. The van der Waals surface area contributed by atoms with Gasteiger partial charge in [-0.15, -0.1) is 0 Å². The molecule has 0 spiro atoms. The molecule has 0 atom stereocenters. The standard InChI is InChI=1S/C42H34GeN4O/c1-28-25-36(46-45-28)29-13-12-14-31(26-29)47-37-19-8-9-20-39(37)48-40-23-22-30(27-38(40)47)43(41-21-10-11-24-44-41)34-17-6-4-15-32(34)42(2,3)33-16-5-7-18-35(33)43/h4-27H,1-3H3,(H,45,46). The molecule has 0 fully saturated rings. The van der Waals surface area contributed by atoms with Crippen molar-refractivity contribution in [1.29, 1.82) is 0 Å². The Morgan fingerprint density at radius 2 is 1.38 bits per heavy atom. The van der Waals surface area contributed by atoms with Crippen molar-refractivity contribution in [2.24, 2.45) is 0 Å². The third kappa shape index (κ3) is 4.17. The Balaban J connectivity index is 1.34. The van der Waals surface area contributed by atoms with Crippen LogP contribution in [-0.2, 0) is 5.41 Å². The summed E-state index contributed by atoms with van der Waals surface area (Å²) >= 11 is -3.70. The van der Waals surface area contributed by atoms with E-state index in [-0.39, 0.29) is 5.41 Å². The Bertz CT molecular complexity index is 2300. The molecular weight excluding hydrogens is 649 g/mol. The molecule has 0 saturated carbocycles. The molecule has 4 heterocycles. The molecule has 0 aliphatic carbocycles. The molecule has 2 aliphatic rings. The monoisotopic (exact) mass is 684 g/mol. The van der Waals surface area contributed by atoms with Gasteiger partial charge in [0.2, 0.25) is 0 Å². The van der Waals surface area contributed by atoms with Gasteiger partial charge < -0.3 is 0 Å². The van der Waals surface area contributed by atoms with E-state index < -0.39 is 13.3 Å². The number of para-hydroxylation sites is 2. The Hall–Kier alpha value is -5.40. The number of nitrogens with zero attached hydrogens (tertiary/aromatic N) is 3. The number of aromatic nitrogens is 3. The van der Waals surface area contributed by atoms with Crippen molar-refractivity contribution in [3.63, 3.8) is 0 Å². The first-order valence-electron chi connectivity index (χ1n) is 16.4. The Labute approximate surface area is 283 Å². The molecule has 0 unspecified atom stereocenters. The van der Waals surface area contributed by atoms with Crippen molar-refractivity contribution in [2.45, 2.75) is 26.2 Å². The van der Waals surface area contributed by atoms with Gasteiger partial charge in [0.1, 0.15) is 0 Å². The van der Waals surface area contributed by atoms with Gasteiger partial charge in [0.25, 0.3) is 0 Å². The first kappa shape index (κ1) is 28.8.